The Labute approximate surface area is 143 Å². The van der Waals surface area contributed by atoms with E-state index in [1.807, 2.05) is 53.9 Å². The first-order valence-corrected chi connectivity index (χ1v) is 8.57. The number of benzene rings is 1. The highest BCUT2D eigenvalue weighted by atomic mass is 16.2. The molecule has 24 heavy (non-hydrogen) atoms. The van der Waals surface area contributed by atoms with E-state index < -0.39 is 0 Å². The number of rotatable bonds is 5. The van der Waals surface area contributed by atoms with Crippen molar-refractivity contribution in [3.63, 3.8) is 0 Å². The van der Waals surface area contributed by atoms with Gasteiger partial charge in [-0.15, -0.1) is 0 Å². The van der Waals surface area contributed by atoms with Crippen LogP contribution in [-0.4, -0.2) is 27.6 Å². The number of aryl methyl sites for hydroxylation is 1. The van der Waals surface area contributed by atoms with Crippen molar-refractivity contribution < 1.29 is 4.79 Å². The molecule has 0 fully saturated rings. The number of aromatic nitrogens is 2. The minimum absolute atomic E-state index is 0.206. The van der Waals surface area contributed by atoms with E-state index in [2.05, 4.69) is 24.2 Å². The third kappa shape index (κ3) is 3.42. The minimum Gasteiger partial charge on any atom is -0.341 e. The molecule has 1 amide bonds. The lowest BCUT2D eigenvalue weighted by Crippen LogP contribution is -2.28. The van der Waals surface area contributed by atoms with Crippen LogP contribution in [0.5, 0.6) is 0 Å². The molecule has 3 rings (SSSR count). The lowest BCUT2D eigenvalue weighted by atomic mass is 10.0. The lowest BCUT2D eigenvalue weighted by Gasteiger charge is -2.19. The molecular weight excluding hydrogens is 298 g/mol. The van der Waals surface area contributed by atoms with Crippen molar-refractivity contribution in [3.8, 4) is 5.69 Å². The van der Waals surface area contributed by atoms with Gasteiger partial charge in [-0.2, -0.15) is 5.10 Å². The average molecular weight is 323 g/mol. The number of nitrogens with zero attached hydrogens (tertiary/aromatic N) is 3. The molecule has 4 nitrogen and oxygen atoms in total. The molecule has 1 aliphatic carbocycles. The van der Waals surface area contributed by atoms with E-state index in [1.54, 1.807) is 0 Å². The van der Waals surface area contributed by atoms with Crippen LogP contribution in [0.3, 0.4) is 0 Å². The summed E-state index contributed by atoms with van der Waals surface area (Å²) in [6, 6.07) is 10.1. The molecule has 1 heterocycles. The van der Waals surface area contributed by atoms with Crippen molar-refractivity contribution in [2.24, 2.45) is 5.92 Å². The molecule has 0 saturated carbocycles. The van der Waals surface area contributed by atoms with Crippen LogP contribution in [0.15, 0.2) is 42.5 Å². The zero-order valence-electron chi connectivity index (χ0n) is 14.7. The second-order valence-corrected chi connectivity index (χ2v) is 6.62. The van der Waals surface area contributed by atoms with Crippen LogP contribution in [0.1, 0.15) is 36.2 Å². The molecule has 0 saturated heterocycles. The van der Waals surface area contributed by atoms with Gasteiger partial charge in [0.1, 0.15) is 0 Å². The number of carbonyl (C=O) groups is 1. The predicted octanol–water partition coefficient (Wildman–Crippen LogP) is 3.80. The van der Waals surface area contributed by atoms with E-state index in [4.69, 9.17) is 0 Å². The summed E-state index contributed by atoms with van der Waals surface area (Å²) in [4.78, 5) is 14.3. The normalized spacial score (nSPS) is 16.5. The van der Waals surface area contributed by atoms with Crippen molar-refractivity contribution in [2.45, 2.75) is 39.7 Å². The highest BCUT2D eigenvalue weighted by Gasteiger charge is 2.20. The molecule has 1 atom stereocenters. The van der Waals surface area contributed by atoms with Gasteiger partial charge in [-0.25, -0.2) is 4.68 Å². The van der Waals surface area contributed by atoms with Gasteiger partial charge in [0.2, 0.25) is 5.91 Å². The Morgan fingerprint density at radius 3 is 2.71 bits per heavy atom. The smallest absolute Gasteiger partial charge is 0.223 e. The van der Waals surface area contributed by atoms with Crippen LogP contribution >= 0.6 is 0 Å². The summed E-state index contributed by atoms with van der Waals surface area (Å²) in [5.74, 6) is 0.618. The van der Waals surface area contributed by atoms with E-state index in [-0.39, 0.29) is 5.91 Å². The van der Waals surface area contributed by atoms with Gasteiger partial charge in [0.25, 0.3) is 0 Å². The standard InChI is InChI=1S/C20H25N3O/c1-15-19(14-22(3)20(24)13-17-9-7-8-10-17)16(2)23(21-15)18-11-5-4-6-12-18/h4-7,9,11-12,17H,8,10,13-14H2,1-3H3/t17-/m1/s1. The molecule has 0 radical (unpaired) electrons. The zero-order valence-corrected chi connectivity index (χ0v) is 14.7. The van der Waals surface area contributed by atoms with Crippen molar-refractivity contribution >= 4 is 5.91 Å². The summed E-state index contributed by atoms with van der Waals surface area (Å²) in [6.45, 7) is 4.69. The fraction of sp³-hybridized carbons (Fsp3) is 0.400. The van der Waals surface area contributed by atoms with Gasteiger partial charge in [-0.05, 0) is 44.7 Å². The van der Waals surface area contributed by atoms with Crippen molar-refractivity contribution in [3.05, 3.63) is 59.4 Å². The van der Waals surface area contributed by atoms with Crippen molar-refractivity contribution in [1.82, 2.24) is 14.7 Å². The minimum atomic E-state index is 0.206. The number of amides is 1. The number of hydrogen-bond donors (Lipinski definition) is 0. The molecule has 4 heteroatoms. The number of carbonyl (C=O) groups excluding carboxylic acids is 1. The first kappa shape index (κ1) is 16.5. The monoisotopic (exact) mass is 323 g/mol. The number of allylic oxidation sites excluding steroid dienone is 2. The Bertz CT molecular complexity index is 746. The second kappa shape index (κ2) is 7.04. The number of hydrogen-bond acceptors (Lipinski definition) is 2. The fourth-order valence-corrected chi connectivity index (χ4v) is 3.30. The SMILES string of the molecule is Cc1nn(-c2ccccc2)c(C)c1CN(C)C(=O)C[C@@H]1C=CCC1. The maximum absolute atomic E-state index is 12.5. The molecule has 0 unspecified atom stereocenters. The summed E-state index contributed by atoms with van der Waals surface area (Å²) in [7, 11) is 1.89. The van der Waals surface area contributed by atoms with Crippen LogP contribution in [0.2, 0.25) is 0 Å². The third-order valence-corrected chi connectivity index (χ3v) is 4.81. The zero-order chi connectivity index (χ0) is 17.1. The van der Waals surface area contributed by atoms with Crippen LogP contribution < -0.4 is 0 Å². The van der Waals surface area contributed by atoms with Gasteiger partial charge in [-0.3, -0.25) is 4.79 Å². The Hall–Kier alpha value is -2.36. The number of para-hydroxylation sites is 1. The maximum atomic E-state index is 12.5. The third-order valence-electron chi connectivity index (χ3n) is 4.81. The Kier molecular flexibility index (Phi) is 4.84. The second-order valence-electron chi connectivity index (χ2n) is 6.62. The quantitative estimate of drug-likeness (QED) is 0.785. The molecule has 1 aromatic heterocycles. The van der Waals surface area contributed by atoms with Gasteiger partial charge in [0.15, 0.2) is 0 Å². The molecule has 1 aliphatic rings. The van der Waals surface area contributed by atoms with Gasteiger partial charge < -0.3 is 4.90 Å². The van der Waals surface area contributed by atoms with Crippen molar-refractivity contribution in [2.75, 3.05) is 7.05 Å². The fourth-order valence-electron chi connectivity index (χ4n) is 3.30. The maximum Gasteiger partial charge on any atom is 0.223 e. The Morgan fingerprint density at radius 1 is 1.29 bits per heavy atom. The molecule has 0 bridgehead atoms. The summed E-state index contributed by atoms with van der Waals surface area (Å²) >= 11 is 0. The molecule has 2 aromatic rings. The average Bonchev–Trinajstić information content (AvgIpc) is 3.19. The van der Waals surface area contributed by atoms with Gasteiger partial charge >= 0.3 is 0 Å². The summed E-state index contributed by atoms with van der Waals surface area (Å²) in [5.41, 5.74) is 4.27. The molecule has 0 spiro atoms. The van der Waals surface area contributed by atoms with Crippen LogP contribution in [0.4, 0.5) is 0 Å². The Morgan fingerprint density at radius 2 is 2.04 bits per heavy atom. The van der Waals surface area contributed by atoms with Crippen LogP contribution in [0.25, 0.3) is 5.69 Å². The van der Waals surface area contributed by atoms with E-state index in [0.717, 1.165) is 35.5 Å². The predicted molar refractivity (Wildman–Crippen MR) is 96.0 cm³/mol. The van der Waals surface area contributed by atoms with E-state index in [1.165, 1.54) is 0 Å². The highest BCUT2D eigenvalue weighted by Crippen LogP contribution is 2.23. The molecule has 0 N–H and O–H groups in total. The summed E-state index contributed by atoms with van der Waals surface area (Å²) < 4.78 is 1.96. The topological polar surface area (TPSA) is 38.1 Å². The van der Waals surface area contributed by atoms with Crippen LogP contribution in [0, 0.1) is 19.8 Å². The molecule has 1 aromatic carbocycles. The van der Waals surface area contributed by atoms with Gasteiger partial charge in [0, 0.05) is 31.3 Å². The van der Waals surface area contributed by atoms with E-state index in [9.17, 15) is 4.79 Å². The first-order chi connectivity index (χ1) is 11.6. The lowest BCUT2D eigenvalue weighted by molar-refractivity contribution is -0.131. The largest absolute Gasteiger partial charge is 0.341 e. The summed E-state index contributed by atoms with van der Waals surface area (Å²) in [5, 5.41) is 4.66. The van der Waals surface area contributed by atoms with E-state index >= 15 is 0 Å². The molecule has 126 valence electrons. The molecular formula is C20H25N3O. The Balaban J connectivity index is 1.74. The van der Waals surface area contributed by atoms with Crippen LogP contribution in [-0.2, 0) is 11.3 Å². The highest BCUT2D eigenvalue weighted by molar-refractivity contribution is 5.76. The van der Waals surface area contributed by atoms with E-state index in [0.29, 0.717) is 18.9 Å². The van der Waals surface area contributed by atoms with Crippen molar-refractivity contribution in [1.29, 1.82) is 0 Å². The molecule has 0 aliphatic heterocycles. The summed E-state index contributed by atoms with van der Waals surface area (Å²) in [6.07, 6.45) is 7.16. The van der Waals surface area contributed by atoms with Gasteiger partial charge in [-0.1, -0.05) is 30.4 Å². The van der Waals surface area contributed by atoms with Gasteiger partial charge in [0.05, 0.1) is 11.4 Å². The first-order valence-electron chi connectivity index (χ1n) is 8.57.